The number of aromatic nitrogens is 2. The molecule has 2 aliphatic rings. The fraction of sp³-hybridized carbons (Fsp3) is 0.733. The Hall–Kier alpha value is -1.12. The zero-order valence-corrected chi connectivity index (χ0v) is 11.2. The number of hydrogen-bond acceptors (Lipinski definition) is 3. The SMILES string of the molecule is CCCc1cc(NCC(C2CC2)C2CC2)ncn1. The summed E-state index contributed by atoms with van der Waals surface area (Å²) in [4.78, 5) is 8.63. The molecule has 18 heavy (non-hydrogen) atoms. The first-order chi connectivity index (χ1) is 8.86. The molecule has 1 aromatic rings. The molecule has 0 bridgehead atoms. The highest BCUT2D eigenvalue weighted by Crippen LogP contribution is 2.49. The van der Waals surface area contributed by atoms with E-state index in [1.165, 1.54) is 25.7 Å². The van der Waals surface area contributed by atoms with Crippen molar-refractivity contribution in [3.63, 3.8) is 0 Å². The smallest absolute Gasteiger partial charge is 0.129 e. The van der Waals surface area contributed by atoms with Crippen LogP contribution in [0.5, 0.6) is 0 Å². The van der Waals surface area contributed by atoms with Crippen LogP contribution in [0.25, 0.3) is 0 Å². The Morgan fingerprint density at radius 1 is 1.22 bits per heavy atom. The number of anilines is 1. The van der Waals surface area contributed by atoms with Gasteiger partial charge in [0.15, 0.2) is 0 Å². The van der Waals surface area contributed by atoms with Crippen LogP contribution in [0.15, 0.2) is 12.4 Å². The third kappa shape index (κ3) is 3.01. The van der Waals surface area contributed by atoms with E-state index in [1.54, 1.807) is 6.33 Å². The van der Waals surface area contributed by atoms with Crippen molar-refractivity contribution < 1.29 is 0 Å². The third-order valence-electron chi connectivity index (χ3n) is 4.20. The van der Waals surface area contributed by atoms with E-state index in [2.05, 4.69) is 28.3 Å². The fourth-order valence-corrected chi connectivity index (χ4v) is 2.88. The lowest BCUT2D eigenvalue weighted by molar-refractivity contribution is 0.427. The van der Waals surface area contributed by atoms with Gasteiger partial charge >= 0.3 is 0 Å². The first-order valence-corrected chi connectivity index (χ1v) is 7.41. The standard InChI is InChI=1S/C15H23N3/c1-2-3-13-8-15(18-10-17-13)16-9-14(11-4-5-11)12-6-7-12/h8,10-12,14H,2-7,9H2,1H3,(H,16,17,18). The van der Waals surface area contributed by atoms with Crippen LogP contribution < -0.4 is 5.32 Å². The molecule has 0 aliphatic heterocycles. The molecule has 2 fully saturated rings. The van der Waals surface area contributed by atoms with E-state index in [0.29, 0.717) is 0 Å². The third-order valence-corrected chi connectivity index (χ3v) is 4.20. The van der Waals surface area contributed by atoms with E-state index >= 15 is 0 Å². The van der Waals surface area contributed by atoms with E-state index in [4.69, 9.17) is 0 Å². The van der Waals surface area contributed by atoms with Crippen LogP contribution in [-0.2, 0) is 6.42 Å². The van der Waals surface area contributed by atoms with Gasteiger partial charge in [-0.1, -0.05) is 13.3 Å². The molecule has 0 amide bonds. The number of nitrogens with one attached hydrogen (secondary N) is 1. The van der Waals surface area contributed by atoms with Gasteiger partial charge in [-0.15, -0.1) is 0 Å². The Labute approximate surface area is 109 Å². The fourth-order valence-electron chi connectivity index (χ4n) is 2.88. The molecule has 0 spiro atoms. The maximum absolute atomic E-state index is 4.33. The van der Waals surface area contributed by atoms with Gasteiger partial charge in [-0.25, -0.2) is 9.97 Å². The summed E-state index contributed by atoms with van der Waals surface area (Å²) in [6.45, 7) is 3.29. The molecule has 0 aromatic carbocycles. The molecule has 3 heteroatoms. The minimum absolute atomic E-state index is 0.898. The molecule has 3 rings (SSSR count). The Kier molecular flexibility index (Phi) is 3.48. The summed E-state index contributed by atoms with van der Waals surface area (Å²) in [6.07, 6.45) is 9.69. The van der Waals surface area contributed by atoms with Crippen LogP contribution in [0.2, 0.25) is 0 Å². The number of rotatable bonds is 7. The minimum Gasteiger partial charge on any atom is -0.370 e. The first-order valence-electron chi connectivity index (χ1n) is 7.41. The van der Waals surface area contributed by atoms with Crippen molar-refractivity contribution in [1.82, 2.24) is 9.97 Å². The Bertz CT molecular complexity index is 384. The Morgan fingerprint density at radius 3 is 2.56 bits per heavy atom. The van der Waals surface area contributed by atoms with Crippen LogP contribution in [0.1, 0.15) is 44.7 Å². The van der Waals surface area contributed by atoms with Gasteiger partial charge in [0.1, 0.15) is 12.1 Å². The van der Waals surface area contributed by atoms with Crippen LogP contribution >= 0.6 is 0 Å². The van der Waals surface area contributed by atoms with Gasteiger partial charge in [0.25, 0.3) is 0 Å². The molecule has 0 saturated heterocycles. The van der Waals surface area contributed by atoms with Gasteiger partial charge in [0.05, 0.1) is 0 Å². The minimum atomic E-state index is 0.898. The van der Waals surface area contributed by atoms with Gasteiger partial charge in [0.2, 0.25) is 0 Å². The lowest BCUT2D eigenvalue weighted by atomic mass is 9.98. The molecule has 1 aromatic heterocycles. The van der Waals surface area contributed by atoms with Gasteiger partial charge in [-0.2, -0.15) is 0 Å². The van der Waals surface area contributed by atoms with Crippen LogP contribution in [0, 0.1) is 17.8 Å². The molecule has 2 aliphatic carbocycles. The van der Waals surface area contributed by atoms with E-state index in [9.17, 15) is 0 Å². The molecule has 0 radical (unpaired) electrons. The first kappa shape index (κ1) is 11.9. The van der Waals surface area contributed by atoms with Gasteiger partial charge < -0.3 is 5.32 Å². The number of hydrogen-bond donors (Lipinski definition) is 1. The summed E-state index contributed by atoms with van der Waals surface area (Å²) in [7, 11) is 0. The average Bonchev–Trinajstić information content (AvgIpc) is 3.25. The quantitative estimate of drug-likeness (QED) is 0.801. The van der Waals surface area contributed by atoms with E-state index in [-0.39, 0.29) is 0 Å². The van der Waals surface area contributed by atoms with Gasteiger partial charge in [-0.3, -0.25) is 0 Å². The molecular formula is C15H23N3. The summed E-state index contributed by atoms with van der Waals surface area (Å²) in [5.74, 6) is 3.92. The molecule has 0 unspecified atom stereocenters. The number of aryl methyl sites for hydroxylation is 1. The molecule has 98 valence electrons. The summed E-state index contributed by atoms with van der Waals surface area (Å²) in [5.41, 5.74) is 1.16. The zero-order valence-electron chi connectivity index (χ0n) is 11.2. The average molecular weight is 245 g/mol. The Morgan fingerprint density at radius 2 is 1.94 bits per heavy atom. The van der Waals surface area contributed by atoms with Crippen molar-refractivity contribution >= 4 is 5.82 Å². The second-order valence-corrected chi connectivity index (χ2v) is 5.86. The highest BCUT2D eigenvalue weighted by Gasteiger charge is 2.40. The molecule has 3 nitrogen and oxygen atoms in total. The highest BCUT2D eigenvalue weighted by atomic mass is 15.0. The predicted molar refractivity (Wildman–Crippen MR) is 73.5 cm³/mol. The largest absolute Gasteiger partial charge is 0.370 e. The normalized spacial score (nSPS) is 19.2. The van der Waals surface area contributed by atoms with E-state index in [1.807, 2.05) is 0 Å². The molecular weight excluding hydrogens is 222 g/mol. The zero-order chi connectivity index (χ0) is 12.4. The van der Waals surface area contributed by atoms with Crippen molar-refractivity contribution in [3.8, 4) is 0 Å². The molecule has 0 atom stereocenters. The number of nitrogens with zero attached hydrogens (tertiary/aromatic N) is 2. The molecule has 1 heterocycles. The maximum Gasteiger partial charge on any atom is 0.129 e. The van der Waals surface area contributed by atoms with Crippen molar-refractivity contribution in [3.05, 3.63) is 18.1 Å². The molecule has 2 saturated carbocycles. The van der Waals surface area contributed by atoms with Crippen LogP contribution in [0.4, 0.5) is 5.82 Å². The van der Waals surface area contributed by atoms with Gasteiger partial charge in [-0.05, 0) is 49.9 Å². The topological polar surface area (TPSA) is 37.8 Å². The monoisotopic (exact) mass is 245 g/mol. The van der Waals surface area contributed by atoms with Gasteiger partial charge in [0, 0.05) is 18.3 Å². The van der Waals surface area contributed by atoms with Crippen molar-refractivity contribution in [1.29, 1.82) is 0 Å². The van der Waals surface area contributed by atoms with Crippen molar-refractivity contribution in [2.24, 2.45) is 17.8 Å². The van der Waals surface area contributed by atoms with E-state index in [0.717, 1.165) is 48.7 Å². The second-order valence-electron chi connectivity index (χ2n) is 5.86. The Balaban J connectivity index is 1.56. The highest BCUT2D eigenvalue weighted by molar-refractivity contribution is 5.35. The summed E-state index contributed by atoms with van der Waals surface area (Å²) in [5, 5.41) is 3.54. The van der Waals surface area contributed by atoms with Crippen LogP contribution in [-0.4, -0.2) is 16.5 Å². The summed E-state index contributed by atoms with van der Waals surface area (Å²) < 4.78 is 0. The van der Waals surface area contributed by atoms with Crippen molar-refractivity contribution in [2.45, 2.75) is 45.4 Å². The van der Waals surface area contributed by atoms with Crippen LogP contribution in [0.3, 0.4) is 0 Å². The predicted octanol–water partition coefficient (Wildman–Crippen LogP) is 3.28. The molecule has 1 N–H and O–H groups in total. The lowest BCUT2D eigenvalue weighted by Gasteiger charge is -2.16. The van der Waals surface area contributed by atoms with E-state index < -0.39 is 0 Å². The maximum atomic E-state index is 4.33. The summed E-state index contributed by atoms with van der Waals surface area (Å²) >= 11 is 0. The van der Waals surface area contributed by atoms with Crippen molar-refractivity contribution in [2.75, 3.05) is 11.9 Å². The lowest BCUT2D eigenvalue weighted by Crippen LogP contribution is -2.19. The summed E-state index contributed by atoms with van der Waals surface area (Å²) in [6, 6.07) is 2.11. The second kappa shape index (κ2) is 5.25.